The van der Waals surface area contributed by atoms with Gasteiger partial charge in [0.15, 0.2) is 6.61 Å². The third kappa shape index (κ3) is 7.21. The first-order valence-electron chi connectivity index (χ1n) is 10.8. The van der Waals surface area contributed by atoms with Crippen molar-refractivity contribution in [1.82, 2.24) is 15.5 Å². The molecule has 0 spiro atoms. The molecule has 3 N–H and O–H groups in total. The highest BCUT2D eigenvalue weighted by molar-refractivity contribution is 5.94. The highest BCUT2D eigenvalue weighted by Gasteiger charge is 2.29. The molecule has 0 saturated carbocycles. The Labute approximate surface area is 192 Å². The van der Waals surface area contributed by atoms with E-state index in [1.165, 1.54) is 7.11 Å². The molecule has 9 nitrogen and oxygen atoms in total. The number of aliphatic hydroxyl groups excluding tert-OH is 1. The number of ether oxygens (including phenoxy) is 2. The zero-order chi connectivity index (χ0) is 23.6. The average molecular weight is 456 g/mol. The molecule has 2 aromatic rings. The van der Waals surface area contributed by atoms with Crippen LogP contribution in [0.25, 0.3) is 0 Å². The van der Waals surface area contributed by atoms with Crippen LogP contribution in [0.4, 0.5) is 4.79 Å². The van der Waals surface area contributed by atoms with Crippen molar-refractivity contribution in [2.75, 3.05) is 26.8 Å². The first kappa shape index (κ1) is 24.1. The lowest BCUT2D eigenvalue weighted by Gasteiger charge is -2.27. The topological polar surface area (TPSA) is 117 Å². The minimum Gasteiger partial charge on any atom is -0.482 e. The standard InChI is InChI=1S/C24H29N3O6/c1-32-22(29)16-33-19-11-9-18(10-12-19)23(30)26-20-15-27(13-5-8-21(20)28)24(31)25-14-17-6-3-2-4-7-17/h2-4,6-7,9-12,20-21,28H,5,8,13-16H2,1H3,(H,25,31)(H,26,30)/t20-,21-/m1/s1. The molecular formula is C24H29N3O6. The first-order chi connectivity index (χ1) is 16.0. The highest BCUT2D eigenvalue weighted by atomic mass is 16.6. The van der Waals surface area contributed by atoms with Gasteiger partial charge in [-0.3, -0.25) is 4.79 Å². The quantitative estimate of drug-likeness (QED) is 0.547. The van der Waals surface area contributed by atoms with Crippen molar-refractivity contribution in [3.8, 4) is 5.75 Å². The van der Waals surface area contributed by atoms with E-state index in [9.17, 15) is 19.5 Å². The fraction of sp³-hybridized carbons (Fsp3) is 0.375. The van der Waals surface area contributed by atoms with Crippen molar-refractivity contribution in [1.29, 1.82) is 0 Å². The minimum absolute atomic E-state index is 0.202. The zero-order valence-corrected chi connectivity index (χ0v) is 18.5. The number of urea groups is 1. The Morgan fingerprint density at radius 3 is 2.52 bits per heavy atom. The number of nitrogens with zero attached hydrogens (tertiary/aromatic N) is 1. The maximum Gasteiger partial charge on any atom is 0.343 e. The van der Waals surface area contributed by atoms with Gasteiger partial charge in [0.2, 0.25) is 0 Å². The molecule has 0 aromatic heterocycles. The van der Waals surface area contributed by atoms with Crippen LogP contribution >= 0.6 is 0 Å². The molecule has 9 heteroatoms. The number of methoxy groups -OCH3 is 1. The normalized spacial score (nSPS) is 18.1. The molecule has 3 rings (SSSR count). The number of esters is 1. The van der Waals surface area contributed by atoms with Crippen LogP contribution in [-0.2, 0) is 16.1 Å². The van der Waals surface area contributed by atoms with Gasteiger partial charge in [-0.1, -0.05) is 30.3 Å². The van der Waals surface area contributed by atoms with Gasteiger partial charge in [0.1, 0.15) is 5.75 Å². The van der Waals surface area contributed by atoms with E-state index < -0.39 is 18.1 Å². The Hall–Kier alpha value is -3.59. The van der Waals surface area contributed by atoms with Crippen LogP contribution < -0.4 is 15.4 Å². The summed E-state index contributed by atoms with van der Waals surface area (Å²) in [5, 5.41) is 16.2. The van der Waals surface area contributed by atoms with Crippen molar-refractivity contribution in [2.24, 2.45) is 0 Å². The van der Waals surface area contributed by atoms with Crippen molar-refractivity contribution < 1.29 is 29.0 Å². The summed E-state index contributed by atoms with van der Waals surface area (Å²) in [5.74, 6) is -0.450. The van der Waals surface area contributed by atoms with E-state index >= 15 is 0 Å². The van der Waals surface area contributed by atoms with Gasteiger partial charge in [-0.2, -0.15) is 0 Å². The van der Waals surface area contributed by atoms with Gasteiger partial charge >= 0.3 is 12.0 Å². The van der Waals surface area contributed by atoms with Gasteiger partial charge in [-0.05, 0) is 42.7 Å². The van der Waals surface area contributed by atoms with Gasteiger partial charge in [0.25, 0.3) is 5.91 Å². The Bertz CT molecular complexity index is 935. The lowest BCUT2D eigenvalue weighted by Crippen LogP contribution is -2.51. The number of carbonyl (C=O) groups excluding carboxylic acids is 3. The fourth-order valence-corrected chi connectivity index (χ4v) is 3.51. The number of nitrogens with one attached hydrogen (secondary N) is 2. The van der Waals surface area contributed by atoms with E-state index in [1.54, 1.807) is 29.2 Å². The van der Waals surface area contributed by atoms with Crippen molar-refractivity contribution >= 4 is 17.9 Å². The van der Waals surface area contributed by atoms with Crippen molar-refractivity contribution in [3.63, 3.8) is 0 Å². The molecule has 0 radical (unpaired) electrons. The number of hydrogen-bond acceptors (Lipinski definition) is 6. The fourth-order valence-electron chi connectivity index (χ4n) is 3.51. The molecular weight excluding hydrogens is 426 g/mol. The molecule has 1 heterocycles. The van der Waals surface area contributed by atoms with Crippen LogP contribution in [0.3, 0.4) is 0 Å². The second-order valence-electron chi connectivity index (χ2n) is 7.77. The van der Waals surface area contributed by atoms with Gasteiger partial charge < -0.3 is 30.1 Å². The molecule has 1 fully saturated rings. The number of rotatable bonds is 7. The third-order valence-corrected chi connectivity index (χ3v) is 5.40. The van der Waals surface area contributed by atoms with Crippen LogP contribution in [0.1, 0.15) is 28.8 Å². The molecule has 2 aromatic carbocycles. The van der Waals surface area contributed by atoms with Crippen LogP contribution in [0.15, 0.2) is 54.6 Å². The maximum atomic E-state index is 12.7. The molecule has 0 aliphatic carbocycles. The van der Waals surface area contributed by atoms with E-state index in [1.807, 2.05) is 30.3 Å². The van der Waals surface area contributed by atoms with Crippen LogP contribution in [-0.4, -0.2) is 66.9 Å². The predicted octanol–water partition coefficient (Wildman–Crippen LogP) is 1.70. The lowest BCUT2D eigenvalue weighted by atomic mass is 10.1. The number of aliphatic hydroxyl groups is 1. The van der Waals surface area contributed by atoms with E-state index in [2.05, 4.69) is 15.4 Å². The maximum absolute atomic E-state index is 12.7. The summed E-state index contributed by atoms with van der Waals surface area (Å²) >= 11 is 0. The Morgan fingerprint density at radius 1 is 1.09 bits per heavy atom. The van der Waals surface area contributed by atoms with E-state index in [-0.39, 0.29) is 25.1 Å². The predicted molar refractivity (Wildman–Crippen MR) is 121 cm³/mol. The largest absolute Gasteiger partial charge is 0.482 e. The summed E-state index contributed by atoms with van der Waals surface area (Å²) in [5.41, 5.74) is 1.36. The summed E-state index contributed by atoms with van der Waals surface area (Å²) in [7, 11) is 1.27. The molecule has 1 saturated heterocycles. The van der Waals surface area contributed by atoms with E-state index in [0.717, 1.165) is 5.56 Å². The molecule has 2 atom stereocenters. The number of benzene rings is 2. The third-order valence-electron chi connectivity index (χ3n) is 5.40. The zero-order valence-electron chi connectivity index (χ0n) is 18.5. The summed E-state index contributed by atoms with van der Waals surface area (Å²) < 4.78 is 9.79. The molecule has 33 heavy (non-hydrogen) atoms. The number of likely N-dealkylation sites (tertiary alicyclic amines) is 1. The minimum atomic E-state index is -0.761. The SMILES string of the molecule is COC(=O)COc1ccc(C(=O)N[C@@H]2CN(C(=O)NCc3ccccc3)CCC[C@H]2O)cc1. The lowest BCUT2D eigenvalue weighted by molar-refractivity contribution is -0.142. The summed E-state index contributed by atoms with van der Waals surface area (Å²) in [6.07, 6.45) is 0.357. The number of carbonyl (C=O) groups is 3. The second-order valence-corrected chi connectivity index (χ2v) is 7.77. The van der Waals surface area contributed by atoms with Crippen molar-refractivity contribution in [2.45, 2.75) is 31.5 Å². The molecule has 1 aliphatic rings. The van der Waals surface area contributed by atoms with Crippen LogP contribution in [0, 0.1) is 0 Å². The Morgan fingerprint density at radius 2 is 1.82 bits per heavy atom. The van der Waals surface area contributed by atoms with E-state index in [0.29, 0.717) is 37.2 Å². The molecule has 176 valence electrons. The molecule has 3 amide bonds. The Kier molecular flexibility index (Phi) is 8.65. The summed E-state index contributed by atoms with van der Waals surface area (Å²) in [6.45, 7) is 0.878. The first-order valence-corrected chi connectivity index (χ1v) is 10.8. The number of amides is 3. The smallest absolute Gasteiger partial charge is 0.343 e. The Balaban J connectivity index is 1.56. The van der Waals surface area contributed by atoms with Gasteiger partial charge in [0, 0.05) is 25.2 Å². The van der Waals surface area contributed by atoms with Crippen LogP contribution in [0.2, 0.25) is 0 Å². The van der Waals surface area contributed by atoms with Gasteiger partial charge in [0.05, 0.1) is 19.3 Å². The monoisotopic (exact) mass is 455 g/mol. The highest BCUT2D eigenvalue weighted by Crippen LogP contribution is 2.15. The summed E-state index contributed by atoms with van der Waals surface area (Å²) in [4.78, 5) is 38.2. The number of hydrogen-bond donors (Lipinski definition) is 3. The summed E-state index contributed by atoms with van der Waals surface area (Å²) in [6, 6.07) is 15.0. The second kappa shape index (κ2) is 11.9. The molecule has 0 bridgehead atoms. The van der Waals surface area contributed by atoms with Gasteiger partial charge in [-0.25, -0.2) is 9.59 Å². The van der Waals surface area contributed by atoms with E-state index in [4.69, 9.17) is 4.74 Å². The molecule has 1 aliphatic heterocycles. The average Bonchev–Trinajstić information content (AvgIpc) is 3.03. The van der Waals surface area contributed by atoms with Crippen LogP contribution in [0.5, 0.6) is 5.75 Å². The van der Waals surface area contributed by atoms with Gasteiger partial charge in [-0.15, -0.1) is 0 Å². The van der Waals surface area contributed by atoms with Crippen molar-refractivity contribution in [3.05, 3.63) is 65.7 Å². The molecule has 0 unspecified atom stereocenters.